The Hall–Kier alpha value is -0.240. The van der Waals surface area contributed by atoms with Gasteiger partial charge in [-0.2, -0.15) is 0 Å². The molecule has 5 unspecified atom stereocenters. The maximum absolute atomic E-state index is 9.22. The van der Waals surface area contributed by atoms with E-state index in [4.69, 9.17) is 23.7 Å². The molecule has 0 aromatic rings. The van der Waals surface area contributed by atoms with Crippen LogP contribution in [0.3, 0.4) is 0 Å². The van der Waals surface area contributed by atoms with Gasteiger partial charge in [0, 0.05) is 28.4 Å². The van der Waals surface area contributed by atoms with Crippen LogP contribution in [-0.4, -0.2) is 70.9 Å². The van der Waals surface area contributed by atoms with Gasteiger partial charge >= 0.3 is 0 Å². The molecule has 6 heteroatoms. The first-order valence-electron chi connectivity index (χ1n) is 5.11. The van der Waals surface area contributed by atoms with E-state index in [0.29, 0.717) is 0 Å². The molecule has 5 atom stereocenters. The van der Waals surface area contributed by atoms with E-state index in [1.165, 1.54) is 7.11 Å². The van der Waals surface area contributed by atoms with Crippen LogP contribution in [0, 0.1) is 0 Å². The van der Waals surface area contributed by atoms with E-state index in [0.717, 1.165) is 0 Å². The van der Waals surface area contributed by atoms with Crippen LogP contribution in [0.25, 0.3) is 0 Å². The first kappa shape index (κ1) is 13.8. The molecule has 0 bridgehead atoms. The minimum absolute atomic E-state index is 0.158. The van der Waals surface area contributed by atoms with Gasteiger partial charge in [-0.25, -0.2) is 0 Å². The van der Waals surface area contributed by atoms with Crippen LogP contribution in [0.2, 0.25) is 0 Å². The van der Waals surface area contributed by atoms with E-state index in [1.54, 1.807) is 21.3 Å². The lowest BCUT2D eigenvalue weighted by atomic mass is 9.98. The van der Waals surface area contributed by atoms with Gasteiger partial charge in [-0.1, -0.05) is 0 Å². The van der Waals surface area contributed by atoms with Crippen molar-refractivity contribution in [3.8, 4) is 0 Å². The SMILES string of the molecule is COC1OC(CO)C(OC)C(OC)C1OC. The standard InChI is InChI=1S/C10H20O6/c1-12-7-6(5-11)16-10(15-4)9(14-3)8(7)13-2/h6-11H,5H2,1-4H3. The van der Waals surface area contributed by atoms with Crippen molar-refractivity contribution in [1.29, 1.82) is 0 Å². The van der Waals surface area contributed by atoms with Crippen molar-refractivity contribution < 1.29 is 28.8 Å². The van der Waals surface area contributed by atoms with Crippen molar-refractivity contribution in [1.82, 2.24) is 0 Å². The Morgan fingerprint density at radius 2 is 1.44 bits per heavy atom. The highest BCUT2D eigenvalue weighted by Crippen LogP contribution is 2.27. The number of aliphatic hydroxyl groups is 1. The molecule has 1 saturated heterocycles. The van der Waals surface area contributed by atoms with Crippen LogP contribution in [0.5, 0.6) is 0 Å². The lowest BCUT2D eigenvalue weighted by molar-refractivity contribution is -0.306. The smallest absolute Gasteiger partial charge is 0.186 e. The third-order valence-electron chi connectivity index (χ3n) is 2.82. The molecule has 0 amide bonds. The highest BCUT2D eigenvalue weighted by atomic mass is 16.7. The molecule has 1 heterocycles. The van der Waals surface area contributed by atoms with Gasteiger partial charge in [-0.15, -0.1) is 0 Å². The third kappa shape index (κ3) is 2.53. The minimum atomic E-state index is -0.571. The van der Waals surface area contributed by atoms with Crippen LogP contribution in [-0.2, 0) is 23.7 Å². The van der Waals surface area contributed by atoms with E-state index in [-0.39, 0.29) is 24.9 Å². The molecular formula is C10H20O6. The van der Waals surface area contributed by atoms with Crippen molar-refractivity contribution in [2.75, 3.05) is 35.0 Å². The Morgan fingerprint density at radius 1 is 0.875 bits per heavy atom. The minimum Gasteiger partial charge on any atom is -0.394 e. The molecule has 1 aliphatic heterocycles. The summed E-state index contributed by atoms with van der Waals surface area (Å²) in [5.41, 5.74) is 0. The largest absolute Gasteiger partial charge is 0.394 e. The first-order chi connectivity index (χ1) is 7.73. The monoisotopic (exact) mass is 236 g/mol. The number of methoxy groups -OCH3 is 4. The van der Waals surface area contributed by atoms with Crippen LogP contribution in [0.1, 0.15) is 0 Å². The fourth-order valence-electron chi connectivity index (χ4n) is 2.02. The third-order valence-corrected chi connectivity index (χ3v) is 2.82. The van der Waals surface area contributed by atoms with Crippen molar-refractivity contribution in [2.45, 2.75) is 30.7 Å². The summed E-state index contributed by atoms with van der Waals surface area (Å²) >= 11 is 0. The molecule has 16 heavy (non-hydrogen) atoms. The summed E-state index contributed by atoms with van der Waals surface area (Å²) in [5.74, 6) is 0. The van der Waals surface area contributed by atoms with Gasteiger partial charge in [-0.05, 0) is 0 Å². The highest BCUT2D eigenvalue weighted by Gasteiger charge is 2.46. The summed E-state index contributed by atoms with van der Waals surface area (Å²) in [7, 11) is 6.18. The number of ether oxygens (including phenoxy) is 5. The molecule has 1 aliphatic rings. The van der Waals surface area contributed by atoms with Crippen molar-refractivity contribution in [3.05, 3.63) is 0 Å². The summed E-state index contributed by atoms with van der Waals surface area (Å²) in [5, 5.41) is 9.22. The summed E-state index contributed by atoms with van der Waals surface area (Å²) < 4.78 is 26.6. The van der Waals surface area contributed by atoms with Crippen molar-refractivity contribution >= 4 is 0 Å². The Kier molecular flexibility index (Phi) is 5.60. The van der Waals surface area contributed by atoms with Gasteiger partial charge in [0.25, 0.3) is 0 Å². The fourth-order valence-corrected chi connectivity index (χ4v) is 2.02. The molecule has 0 aromatic heterocycles. The quantitative estimate of drug-likeness (QED) is 0.687. The molecule has 6 nitrogen and oxygen atoms in total. The van der Waals surface area contributed by atoms with Gasteiger partial charge in [0.2, 0.25) is 0 Å². The molecule has 0 saturated carbocycles. The predicted octanol–water partition coefficient (Wildman–Crippen LogP) is -0.605. The topological polar surface area (TPSA) is 66.4 Å². The van der Waals surface area contributed by atoms with Gasteiger partial charge < -0.3 is 28.8 Å². The van der Waals surface area contributed by atoms with Gasteiger partial charge in [0.05, 0.1) is 6.61 Å². The molecule has 1 rings (SSSR count). The lowest BCUT2D eigenvalue weighted by Crippen LogP contribution is -2.60. The van der Waals surface area contributed by atoms with E-state index < -0.39 is 12.4 Å². The zero-order chi connectivity index (χ0) is 12.1. The Morgan fingerprint density at radius 3 is 1.81 bits per heavy atom. The first-order valence-corrected chi connectivity index (χ1v) is 5.11. The second-order valence-corrected chi connectivity index (χ2v) is 3.56. The molecule has 96 valence electrons. The van der Waals surface area contributed by atoms with Crippen LogP contribution < -0.4 is 0 Å². The highest BCUT2D eigenvalue weighted by molar-refractivity contribution is 4.91. The molecule has 0 aromatic carbocycles. The fraction of sp³-hybridized carbons (Fsp3) is 1.00. The van der Waals surface area contributed by atoms with Gasteiger partial charge in [0.15, 0.2) is 6.29 Å². The maximum Gasteiger partial charge on any atom is 0.186 e. The van der Waals surface area contributed by atoms with E-state index in [1.807, 2.05) is 0 Å². The molecule has 0 radical (unpaired) electrons. The van der Waals surface area contributed by atoms with Crippen LogP contribution in [0.4, 0.5) is 0 Å². The number of hydrogen-bond donors (Lipinski definition) is 1. The zero-order valence-corrected chi connectivity index (χ0v) is 10.1. The maximum atomic E-state index is 9.22. The number of aliphatic hydroxyl groups excluding tert-OH is 1. The van der Waals surface area contributed by atoms with E-state index in [9.17, 15) is 5.11 Å². The molecule has 0 spiro atoms. The summed E-state index contributed by atoms with van der Waals surface area (Å²) in [6, 6.07) is 0. The van der Waals surface area contributed by atoms with Crippen LogP contribution >= 0.6 is 0 Å². The average molecular weight is 236 g/mol. The molecule has 0 aliphatic carbocycles. The van der Waals surface area contributed by atoms with Gasteiger partial charge in [0.1, 0.15) is 24.4 Å². The second-order valence-electron chi connectivity index (χ2n) is 3.56. The summed E-state index contributed by atoms with van der Waals surface area (Å²) in [6.07, 6.45) is -2.16. The summed E-state index contributed by atoms with van der Waals surface area (Å²) in [6.45, 7) is -0.158. The Balaban J connectivity index is 2.85. The Bertz CT molecular complexity index is 182. The van der Waals surface area contributed by atoms with E-state index >= 15 is 0 Å². The Labute approximate surface area is 95.4 Å². The summed E-state index contributed by atoms with van der Waals surface area (Å²) in [4.78, 5) is 0. The molecular weight excluding hydrogens is 216 g/mol. The number of hydrogen-bond acceptors (Lipinski definition) is 6. The van der Waals surface area contributed by atoms with E-state index in [2.05, 4.69) is 0 Å². The predicted molar refractivity (Wildman–Crippen MR) is 55.1 cm³/mol. The zero-order valence-electron chi connectivity index (χ0n) is 10.1. The normalized spacial score (nSPS) is 39.9. The molecule has 1 fully saturated rings. The lowest BCUT2D eigenvalue weighted by Gasteiger charge is -2.43. The number of rotatable bonds is 5. The van der Waals surface area contributed by atoms with Crippen molar-refractivity contribution in [3.63, 3.8) is 0 Å². The molecule has 1 N–H and O–H groups in total. The van der Waals surface area contributed by atoms with Crippen LogP contribution in [0.15, 0.2) is 0 Å². The van der Waals surface area contributed by atoms with Crippen molar-refractivity contribution in [2.24, 2.45) is 0 Å². The van der Waals surface area contributed by atoms with Gasteiger partial charge in [-0.3, -0.25) is 0 Å². The second kappa shape index (κ2) is 6.48. The average Bonchev–Trinajstić information content (AvgIpc) is 2.35.